The van der Waals surface area contributed by atoms with E-state index >= 15 is 0 Å². The molecule has 0 bridgehead atoms. The summed E-state index contributed by atoms with van der Waals surface area (Å²) in [7, 11) is 0. The zero-order valence-electron chi connectivity index (χ0n) is 17.1. The van der Waals surface area contributed by atoms with E-state index in [0.717, 1.165) is 41.1 Å². The lowest BCUT2D eigenvalue weighted by Gasteiger charge is -2.12. The van der Waals surface area contributed by atoms with Crippen LogP contribution >= 0.6 is 0 Å². The maximum Gasteiger partial charge on any atom is 0.435 e. The van der Waals surface area contributed by atoms with Crippen LogP contribution in [0, 0.1) is 17.0 Å². The second-order valence-corrected chi connectivity index (χ2v) is 6.97. The molecule has 0 aliphatic heterocycles. The van der Waals surface area contributed by atoms with Crippen molar-refractivity contribution in [1.29, 1.82) is 0 Å². The number of alkyl halides is 6. The van der Waals surface area contributed by atoms with Crippen LogP contribution in [0.1, 0.15) is 17.0 Å². The van der Waals surface area contributed by atoms with Crippen LogP contribution in [0.5, 0.6) is 11.5 Å². The van der Waals surface area contributed by atoms with E-state index < -0.39 is 46.7 Å². The van der Waals surface area contributed by atoms with Crippen LogP contribution in [0.4, 0.5) is 37.7 Å². The van der Waals surface area contributed by atoms with Crippen LogP contribution in [0.2, 0.25) is 0 Å². The van der Waals surface area contributed by atoms with Gasteiger partial charge in [0.15, 0.2) is 5.69 Å². The molecule has 180 valence electrons. The molecule has 0 unspecified atom stereocenters. The van der Waals surface area contributed by atoms with Crippen molar-refractivity contribution in [3.8, 4) is 11.5 Å². The molecule has 0 spiro atoms. The molecule has 1 N–H and O–H groups in total. The molecule has 3 rings (SSSR count). The van der Waals surface area contributed by atoms with Gasteiger partial charge in [-0.15, -0.1) is 0 Å². The summed E-state index contributed by atoms with van der Waals surface area (Å²) < 4.78 is 83.1. The average molecular weight is 488 g/mol. The molecule has 0 aliphatic rings. The Bertz CT molecular complexity index is 1240. The van der Waals surface area contributed by atoms with Crippen molar-refractivity contribution in [3.63, 3.8) is 0 Å². The van der Waals surface area contributed by atoms with Crippen molar-refractivity contribution in [1.82, 2.24) is 9.78 Å². The molecule has 34 heavy (non-hydrogen) atoms. The summed E-state index contributed by atoms with van der Waals surface area (Å²) in [6.07, 6.45) is -9.35. The second kappa shape index (κ2) is 9.03. The minimum Gasteiger partial charge on any atom is -0.457 e. The number of aryl methyl sites for hydroxylation is 1. The number of aromatic nitrogens is 2. The summed E-state index contributed by atoms with van der Waals surface area (Å²) in [5, 5.41) is 16.8. The number of nitrogens with one attached hydrogen (secondary N) is 1. The molecule has 0 aliphatic carbocycles. The van der Waals surface area contributed by atoms with Crippen molar-refractivity contribution >= 4 is 17.3 Å². The van der Waals surface area contributed by atoms with E-state index in [2.05, 4.69) is 10.4 Å². The number of nitro groups is 1. The van der Waals surface area contributed by atoms with Crippen LogP contribution in [0.25, 0.3) is 0 Å². The highest BCUT2D eigenvalue weighted by Crippen LogP contribution is 2.34. The molecule has 1 aromatic heterocycles. The first-order valence-corrected chi connectivity index (χ1v) is 9.28. The standard InChI is InChI=1S/C20H14F6N4O4/c1-11-5-17(20(24,25)26)28-29(11)10-18(31)27-13-7-14(30(32)33)9-16(8-13)34-15-4-2-3-12(6-15)19(21,22)23/h2-9H,10H2,1H3,(H,27,31). The third kappa shape index (κ3) is 6.02. The third-order valence-electron chi connectivity index (χ3n) is 4.35. The topological polar surface area (TPSA) is 99.3 Å². The Morgan fingerprint density at radius 3 is 2.35 bits per heavy atom. The third-order valence-corrected chi connectivity index (χ3v) is 4.35. The Morgan fingerprint density at radius 1 is 1.06 bits per heavy atom. The molecule has 1 amide bonds. The fraction of sp³-hybridized carbons (Fsp3) is 0.200. The number of amides is 1. The number of carbonyl (C=O) groups is 1. The lowest BCUT2D eigenvalue weighted by molar-refractivity contribution is -0.384. The van der Waals surface area contributed by atoms with Gasteiger partial charge in [0.05, 0.1) is 22.2 Å². The van der Waals surface area contributed by atoms with Gasteiger partial charge in [-0.05, 0) is 31.2 Å². The Morgan fingerprint density at radius 2 is 1.76 bits per heavy atom. The number of nitro benzene ring substituents is 1. The largest absolute Gasteiger partial charge is 0.457 e. The fourth-order valence-electron chi connectivity index (χ4n) is 2.84. The molecule has 14 heteroatoms. The summed E-state index contributed by atoms with van der Waals surface area (Å²) in [4.78, 5) is 22.7. The van der Waals surface area contributed by atoms with Gasteiger partial charge in [0.1, 0.15) is 18.0 Å². The maximum atomic E-state index is 12.9. The number of ether oxygens (including phenoxy) is 1. The molecule has 0 radical (unpaired) electrons. The number of rotatable bonds is 6. The number of hydrogen-bond acceptors (Lipinski definition) is 5. The van der Waals surface area contributed by atoms with Gasteiger partial charge >= 0.3 is 12.4 Å². The Hall–Kier alpha value is -4.10. The number of hydrogen-bond donors (Lipinski definition) is 1. The first-order chi connectivity index (χ1) is 15.7. The molecular weight excluding hydrogens is 474 g/mol. The van der Waals surface area contributed by atoms with Crippen LogP contribution in [-0.2, 0) is 23.7 Å². The number of nitrogens with zero attached hydrogens (tertiary/aromatic N) is 3. The van der Waals surface area contributed by atoms with Crippen LogP contribution in [0.15, 0.2) is 48.5 Å². The monoisotopic (exact) mass is 488 g/mol. The van der Waals surface area contributed by atoms with Crippen molar-refractivity contribution in [2.45, 2.75) is 25.8 Å². The summed E-state index contributed by atoms with van der Waals surface area (Å²) in [5.74, 6) is -1.37. The highest BCUT2D eigenvalue weighted by molar-refractivity contribution is 5.91. The first kappa shape index (κ1) is 24.5. The van der Waals surface area contributed by atoms with E-state index in [0.29, 0.717) is 6.07 Å². The molecule has 3 aromatic rings. The van der Waals surface area contributed by atoms with Crippen molar-refractivity contribution in [3.05, 3.63) is 75.6 Å². The van der Waals surface area contributed by atoms with Crippen molar-refractivity contribution in [2.24, 2.45) is 0 Å². The Kier molecular flexibility index (Phi) is 6.52. The van der Waals surface area contributed by atoms with E-state index in [1.165, 1.54) is 13.0 Å². The summed E-state index contributed by atoms with van der Waals surface area (Å²) in [6.45, 7) is 0.679. The number of halogens is 6. The average Bonchev–Trinajstić information content (AvgIpc) is 3.08. The zero-order valence-corrected chi connectivity index (χ0v) is 17.1. The van der Waals surface area contributed by atoms with E-state index in [1.807, 2.05) is 0 Å². The van der Waals surface area contributed by atoms with Gasteiger partial charge in [-0.25, -0.2) is 0 Å². The van der Waals surface area contributed by atoms with Gasteiger partial charge < -0.3 is 10.1 Å². The fourth-order valence-corrected chi connectivity index (χ4v) is 2.84. The minimum atomic E-state index is -4.71. The number of anilines is 1. The molecule has 0 atom stereocenters. The van der Waals surface area contributed by atoms with Crippen LogP contribution in [0.3, 0.4) is 0 Å². The predicted molar refractivity (Wildman–Crippen MR) is 105 cm³/mol. The normalized spacial score (nSPS) is 11.9. The molecule has 2 aromatic carbocycles. The van der Waals surface area contributed by atoms with Crippen LogP contribution < -0.4 is 10.1 Å². The molecule has 0 fully saturated rings. The number of carbonyl (C=O) groups excluding carboxylic acids is 1. The molecular formula is C20H14F6N4O4. The van der Waals surface area contributed by atoms with Crippen LogP contribution in [-0.4, -0.2) is 20.6 Å². The summed E-state index contributed by atoms with van der Waals surface area (Å²) in [6, 6.07) is 7.54. The smallest absolute Gasteiger partial charge is 0.435 e. The molecule has 0 saturated carbocycles. The van der Waals surface area contributed by atoms with E-state index in [1.54, 1.807) is 0 Å². The quantitative estimate of drug-likeness (QED) is 0.278. The zero-order chi connectivity index (χ0) is 25.3. The first-order valence-electron chi connectivity index (χ1n) is 9.28. The lowest BCUT2D eigenvalue weighted by atomic mass is 10.2. The molecule has 8 nitrogen and oxygen atoms in total. The van der Waals surface area contributed by atoms with E-state index in [-0.39, 0.29) is 22.9 Å². The lowest BCUT2D eigenvalue weighted by Crippen LogP contribution is -2.21. The van der Waals surface area contributed by atoms with Crippen molar-refractivity contribution < 1.29 is 40.8 Å². The maximum absolute atomic E-state index is 12.9. The highest BCUT2D eigenvalue weighted by Gasteiger charge is 2.34. The summed E-state index contributed by atoms with van der Waals surface area (Å²) in [5.41, 5.74) is -2.85. The van der Waals surface area contributed by atoms with E-state index in [9.17, 15) is 41.3 Å². The van der Waals surface area contributed by atoms with E-state index in [4.69, 9.17) is 4.74 Å². The second-order valence-electron chi connectivity index (χ2n) is 6.97. The molecule has 0 saturated heterocycles. The van der Waals surface area contributed by atoms with Crippen molar-refractivity contribution in [2.75, 3.05) is 5.32 Å². The Balaban J connectivity index is 1.82. The van der Waals surface area contributed by atoms with Gasteiger partial charge in [0.25, 0.3) is 5.69 Å². The predicted octanol–water partition coefficient (Wildman–Crippen LogP) is 5.57. The van der Waals surface area contributed by atoms with Gasteiger partial charge in [0.2, 0.25) is 5.91 Å². The van der Waals surface area contributed by atoms with Gasteiger partial charge in [0, 0.05) is 17.8 Å². The minimum absolute atomic E-state index is 0.0510. The summed E-state index contributed by atoms with van der Waals surface area (Å²) >= 11 is 0. The number of benzene rings is 2. The van der Waals surface area contributed by atoms with Gasteiger partial charge in [-0.3, -0.25) is 19.6 Å². The Labute approximate surface area is 186 Å². The van der Waals surface area contributed by atoms with Gasteiger partial charge in [-0.1, -0.05) is 6.07 Å². The SMILES string of the molecule is Cc1cc(C(F)(F)F)nn1CC(=O)Nc1cc(Oc2cccc(C(F)(F)F)c2)cc([N+](=O)[O-])c1. The highest BCUT2D eigenvalue weighted by atomic mass is 19.4. The molecule has 1 heterocycles. The number of non-ortho nitro benzene ring substituents is 1. The van der Waals surface area contributed by atoms with Gasteiger partial charge in [-0.2, -0.15) is 31.4 Å².